The maximum atomic E-state index is 13.9. The van der Waals surface area contributed by atoms with E-state index in [1.54, 1.807) is 12.1 Å². The Bertz CT molecular complexity index is 1310. The van der Waals surface area contributed by atoms with Crippen LogP contribution in [-0.4, -0.2) is 11.1 Å². The van der Waals surface area contributed by atoms with E-state index in [4.69, 9.17) is 16.7 Å². The molecule has 4 rings (SSSR count). The average molecular weight is 459 g/mol. The Morgan fingerprint density at radius 3 is 2.52 bits per heavy atom. The molecule has 1 N–H and O–H groups in total. The Morgan fingerprint density at radius 1 is 1.09 bits per heavy atom. The highest BCUT2D eigenvalue weighted by Crippen LogP contribution is 2.42. The third-order valence-corrected chi connectivity index (χ3v) is 6.17. The molecule has 0 amide bonds. The van der Waals surface area contributed by atoms with Crippen molar-refractivity contribution in [2.24, 2.45) is 0 Å². The molecule has 3 aromatic carbocycles. The second-order valence-electron chi connectivity index (χ2n) is 8.17. The molecule has 1 aliphatic carbocycles. The first-order valence-electron chi connectivity index (χ1n) is 10.9. The van der Waals surface area contributed by atoms with Gasteiger partial charge in [0.2, 0.25) is 0 Å². The van der Waals surface area contributed by atoms with Gasteiger partial charge in [-0.3, -0.25) is 0 Å². The fourth-order valence-corrected chi connectivity index (χ4v) is 4.67. The monoisotopic (exact) mass is 458 g/mol. The zero-order chi connectivity index (χ0) is 23.5. The van der Waals surface area contributed by atoms with Crippen LogP contribution in [-0.2, 0) is 11.2 Å². The van der Waals surface area contributed by atoms with Crippen molar-refractivity contribution >= 4 is 40.9 Å². The number of benzene rings is 3. The first-order valence-corrected chi connectivity index (χ1v) is 11.2. The predicted octanol–water partition coefficient (Wildman–Crippen LogP) is 7.85. The van der Waals surface area contributed by atoms with Crippen molar-refractivity contribution < 1.29 is 14.3 Å². The standard InChI is InChI=1S/C29H24ClFO2/c1-3-25(26-12-4-18(2)14-27(26)30)29(20-8-5-19(6-9-20)7-13-28(32)33)23-15-21-10-11-24(31)17-22(21)16-23/h4-15,17H,3,16H2,1-2H3,(H,32,33)/b13-7+,29-25+. The highest BCUT2D eigenvalue weighted by molar-refractivity contribution is 6.33. The van der Waals surface area contributed by atoms with Crippen molar-refractivity contribution in [2.75, 3.05) is 0 Å². The number of carbonyl (C=O) groups is 1. The number of hydrogen-bond acceptors (Lipinski definition) is 1. The van der Waals surface area contributed by atoms with Gasteiger partial charge >= 0.3 is 5.97 Å². The lowest BCUT2D eigenvalue weighted by molar-refractivity contribution is -0.131. The normalized spacial score (nSPS) is 13.6. The molecule has 0 fully saturated rings. The minimum Gasteiger partial charge on any atom is -0.478 e. The van der Waals surface area contributed by atoms with Crippen LogP contribution in [0.5, 0.6) is 0 Å². The molecule has 0 spiro atoms. The van der Waals surface area contributed by atoms with Crippen LogP contribution in [0.4, 0.5) is 4.39 Å². The van der Waals surface area contributed by atoms with Gasteiger partial charge in [-0.1, -0.05) is 67.1 Å². The van der Waals surface area contributed by atoms with E-state index in [-0.39, 0.29) is 5.82 Å². The van der Waals surface area contributed by atoms with Gasteiger partial charge in [-0.05, 0) is 94.1 Å². The van der Waals surface area contributed by atoms with E-state index >= 15 is 0 Å². The van der Waals surface area contributed by atoms with Crippen LogP contribution in [0.2, 0.25) is 5.02 Å². The third kappa shape index (κ3) is 4.99. The summed E-state index contributed by atoms with van der Waals surface area (Å²) in [6.45, 7) is 4.12. The van der Waals surface area contributed by atoms with Crippen molar-refractivity contribution in [3.05, 3.63) is 117 Å². The molecule has 4 heteroatoms. The van der Waals surface area contributed by atoms with Crippen LogP contribution in [0.25, 0.3) is 23.3 Å². The van der Waals surface area contributed by atoms with E-state index in [0.717, 1.165) is 62.6 Å². The van der Waals surface area contributed by atoms with Gasteiger partial charge in [0.1, 0.15) is 5.82 Å². The van der Waals surface area contributed by atoms with Gasteiger partial charge < -0.3 is 5.11 Å². The molecular weight excluding hydrogens is 435 g/mol. The fourth-order valence-electron chi connectivity index (χ4n) is 4.32. The van der Waals surface area contributed by atoms with Gasteiger partial charge in [0, 0.05) is 11.1 Å². The summed E-state index contributed by atoms with van der Waals surface area (Å²) >= 11 is 6.68. The summed E-state index contributed by atoms with van der Waals surface area (Å²) in [7, 11) is 0. The molecule has 0 bridgehead atoms. The lowest BCUT2D eigenvalue weighted by Gasteiger charge is -2.18. The summed E-state index contributed by atoms with van der Waals surface area (Å²) in [5, 5.41) is 9.60. The number of hydrogen-bond donors (Lipinski definition) is 1. The van der Waals surface area contributed by atoms with Crippen LogP contribution < -0.4 is 0 Å². The summed E-state index contributed by atoms with van der Waals surface area (Å²) in [6, 6.07) is 18.8. The lowest BCUT2D eigenvalue weighted by atomic mass is 9.86. The van der Waals surface area contributed by atoms with Gasteiger partial charge in [-0.25, -0.2) is 9.18 Å². The Labute approximate surface area is 198 Å². The van der Waals surface area contributed by atoms with Crippen molar-refractivity contribution in [3.63, 3.8) is 0 Å². The number of fused-ring (bicyclic) bond motifs is 1. The topological polar surface area (TPSA) is 37.3 Å². The number of aryl methyl sites for hydroxylation is 1. The van der Waals surface area contributed by atoms with Crippen LogP contribution >= 0.6 is 11.6 Å². The van der Waals surface area contributed by atoms with Crippen molar-refractivity contribution in [2.45, 2.75) is 26.7 Å². The SMILES string of the molecule is CC/C(=C(\C1=Cc2ccc(F)cc2C1)c1ccc(/C=C/C(=O)O)cc1)c1ccc(C)cc1Cl. The van der Waals surface area contributed by atoms with Gasteiger partial charge in [0.15, 0.2) is 0 Å². The summed E-state index contributed by atoms with van der Waals surface area (Å²) in [5.74, 6) is -1.22. The minimum atomic E-state index is -0.983. The zero-order valence-electron chi connectivity index (χ0n) is 18.5. The van der Waals surface area contributed by atoms with Crippen LogP contribution in [0.15, 0.2) is 72.3 Å². The highest BCUT2D eigenvalue weighted by Gasteiger charge is 2.22. The van der Waals surface area contributed by atoms with Crippen molar-refractivity contribution in [1.29, 1.82) is 0 Å². The van der Waals surface area contributed by atoms with Gasteiger partial charge in [-0.2, -0.15) is 0 Å². The molecule has 0 aliphatic heterocycles. The molecule has 166 valence electrons. The van der Waals surface area contributed by atoms with E-state index in [1.807, 2.05) is 43.3 Å². The first-order chi connectivity index (χ1) is 15.9. The van der Waals surface area contributed by atoms with Crippen LogP contribution in [0.1, 0.15) is 46.7 Å². The Balaban J connectivity index is 1.88. The largest absolute Gasteiger partial charge is 0.478 e. The molecule has 0 saturated heterocycles. The molecule has 0 aromatic heterocycles. The van der Waals surface area contributed by atoms with E-state index in [1.165, 1.54) is 6.07 Å². The summed E-state index contributed by atoms with van der Waals surface area (Å²) in [5.41, 5.74) is 9.19. The predicted molar refractivity (Wildman–Crippen MR) is 134 cm³/mol. The molecule has 0 atom stereocenters. The Hall–Kier alpha value is -3.43. The number of allylic oxidation sites excluding steroid dienone is 3. The van der Waals surface area contributed by atoms with Crippen LogP contribution in [0.3, 0.4) is 0 Å². The number of carboxylic acid groups (broad SMARTS) is 1. The molecular formula is C29H24ClFO2. The number of carboxylic acids is 1. The van der Waals surface area contributed by atoms with Crippen LogP contribution in [0, 0.1) is 12.7 Å². The van der Waals surface area contributed by atoms with Gasteiger partial charge in [-0.15, -0.1) is 0 Å². The third-order valence-electron chi connectivity index (χ3n) is 5.86. The number of rotatable bonds is 6. The smallest absolute Gasteiger partial charge is 0.328 e. The second kappa shape index (κ2) is 9.60. The van der Waals surface area contributed by atoms with Crippen molar-refractivity contribution in [1.82, 2.24) is 0 Å². The van der Waals surface area contributed by atoms with E-state index in [2.05, 4.69) is 25.1 Å². The highest BCUT2D eigenvalue weighted by atomic mass is 35.5. The number of aliphatic carboxylic acids is 1. The van der Waals surface area contributed by atoms with Gasteiger partial charge in [0.25, 0.3) is 0 Å². The summed E-state index contributed by atoms with van der Waals surface area (Å²) in [6.07, 6.45) is 6.22. The summed E-state index contributed by atoms with van der Waals surface area (Å²) < 4.78 is 13.9. The lowest BCUT2D eigenvalue weighted by Crippen LogP contribution is -1.98. The molecule has 0 radical (unpaired) electrons. The summed E-state index contributed by atoms with van der Waals surface area (Å²) in [4.78, 5) is 10.9. The molecule has 0 heterocycles. The molecule has 0 unspecified atom stereocenters. The van der Waals surface area contributed by atoms with E-state index in [0.29, 0.717) is 11.4 Å². The first kappa shape index (κ1) is 22.8. The molecule has 3 aromatic rings. The zero-order valence-corrected chi connectivity index (χ0v) is 19.3. The second-order valence-corrected chi connectivity index (χ2v) is 8.58. The van der Waals surface area contributed by atoms with E-state index < -0.39 is 5.97 Å². The maximum Gasteiger partial charge on any atom is 0.328 e. The quantitative estimate of drug-likeness (QED) is 0.301. The molecule has 0 saturated carbocycles. The molecule has 2 nitrogen and oxygen atoms in total. The Morgan fingerprint density at radius 2 is 1.85 bits per heavy atom. The van der Waals surface area contributed by atoms with E-state index in [9.17, 15) is 9.18 Å². The average Bonchev–Trinajstić information content (AvgIpc) is 3.19. The Kier molecular flexibility index (Phi) is 6.62. The maximum absolute atomic E-state index is 13.9. The van der Waals surface area contributed by atoms with Gasteiger partial charge in [0.05, 0.1) is 0 Å². The van der Waals surface area contributed by atoms with Crippen molar-refractivity contribution in [3.8, 4) is 0 Å². The number of halogens is 2. The molecule has 1 aliphatic rings. The fraction of sp³-hybridized carbons (Fsp3) is 0.138. The molecule has 33 heavy (non-hydrogen) atoms. The minimum absolute atomic E-state index is 0.235.